The van der Waals surface area contributed by atoms with E-state index in [1.165, 1.54) is 0 Å². The number of carboxylic acid groups (broad SMARTS) is 1. The number of hydrogen-bond donors (Lipinski definition) is 2. The summed E-state index contributed by atoms with van der Waals surface area (Å²) in [4.78, 5) is 10.1. The van der Waals surface area contributed by atoms with Crippen LogP contribution in [0.3, 0.4) is 0 Å². The maximum atomic E-state index is 10.1. The van der Waals surface area contributed by atoms with Gasteiger partial charge in [0.05, 0.1) is 6.10 Å². The van der Waals surface area contributed by atoms with Gasteiger partial charge in [-0.05, 0) is 38.8 Å². The molecule has 148 valence electrons. The molecular weight excluding hydrogens is 340 g/mol. The Morgan fingerprint density at radius 1 is 1.26 bits per heavy atom. The summed E-state index contributed by atoms with van der Waals surface area (Å²) >= 11 is 0. The van der Waals surface area contributed by atoms with Gasteiger partial charge in [-0.3, -0.25) is 0 Å². The van der Waals surface area contributed by atoms with Gasteiger partial charge in [0, 0.05) is 18.9 Å². The molecule has 0 saturated heterocycles. The first-order valence-electron chi connectivity index (χ1n) is 8.67. The Balaban J connectivity index is 0. The van der Waals surface area contributed by atoms with Crippen LogP contribution in [0, 0.1) is 11.8 Å². The smallest absolute Gasteiger partial charge is 0.328 e. The zero-order valence-corrected chi connectivity index (χ0v) is 16.6. The summed E-state index contributed by atoms with van der Waals surface area (Å²) in [5.74, 6) is 4.02. The van der Waals surface area contributed by atoms with Crippen molar-refractivity contribution in [2.45, 2.75) is 51.9 Å². The summed E-state index contributed by atoms with van der Waals surface area (Å²) < 4.78 is 5.31. The van der Waals surface area contributed by atoms with Gasteiger partial charge < -0.3 is 14.9 Å². The zero-order valence-electron chi connectivity index (χ0n) is 16.6. The van der Waals surface area contributed by atoms with E-state index in [0.29, 0.717) is 0 Å². The van der Waals surface area contributed by atoms with Gasteiger partial charge in [0.1, 0.15) is 0 Å². The van der Waals surface area contributed by atoms with Crippen molar-refractivity contribution in [1.82, 2.24) is 0 Å². The highest BCUT2D eigenvalue weighted by Gasteiger charge is 2.16. The van der Waals surface area contributed by atoms with Crippen molar-refractivity contribution < 1.29 is 19.7 Å². The molecule has 0 aliphatic carbocycles. The van der Waals surface area contributed by atoms with Crippen molar-refractivity contribution >= 4 is 12.0 Å². The van der Waals surface area contributed by atoms with E-state index in [0.717, 1.165) is 30.9 Å². The second-order valence-electron chi connectivity index (χ2n) is 5.84. The molecule has 1 atom stereocenters. The van der Waals surface area contributed by atoms with Crippen LogP contribution in [0.4, 0.5) is 0 Å². The number of aliphatic carboxylic acids is 1. The van der Waals surface area contributed by atoms with Gasteiger partial charge in [-0.25, -0.2) is 4.79 Å². The van der Waals surface area contributed by atoms with E-state index in [2.05, 4.69) is 31.6 Å². The average Bonchev–Trinajstić information content (AvgIpc) is 2.61. The lowest BCUT2D eigenvalue weighted by atomic mass is 10.2. The number of allylic oxidation sites excluding steroid dienone is 1. The quantitative estimate of drug-likeness (QED) is 0.304. The molecule has 0 aromatic heterocycles. The summed E-state index contributed by atoms with van der Waals surface area (Å²) in [5, 5.41) is 17.6. The zero-order chi connectivity index (χ0) is 21.1. The van der Waals surface area contributed by atoms with Gasteiger partial charge in [-0.1, -0.05) is 42.3 Å². The Morgan fingerprint density at radius 2 is 1.85 bits per heavy atom. The first kappa shape index (κ1) is 26.6. The number of carbonyl (C=O) groups is 1. The van der Waals surface area contributed by atoms with Gasteiger partial charge >= 0.3 is 5.97 Å². The molecule has 4 nitrogen and oxygen atoms in total. The third kappa shape index (κ3) is 21.3. The van der Waals surface area contributed by atoms with Crippen LogP contribution in [-0.2, 0) is 9.53 Å². The minimum atomic E-state index is -1.05. The van der Waals surface area contributed by atoms with Gasteiger partial charge in [-0.2, -0.15) is 0 Å². The SMILES string of the molecule is C=C.C=CCC#CCCC(C)OC(C)(C)O.O=C(O)/C=C/c1ccccc1. The van der Waals surface area contributed by atoms with Crippen LogP contribution in [0.2, 0.25) is 0 Å². The van der Waals surface area contributed by atoms with E-state index in [9.17, 15) is 9.90 Å². The minimum absolute atomic E-state index is 0.0352. The van der Waals surface area contributed by atoms with E-state index >= 15 is 0 Å². The van der Waals surface area contributed by atoms with Crippen molar-refractivity contribution in [2.24, 2.45) is 0 Å². The summed E-state index contributed by atoms with van der Waals surface area (Å²) in [6.45, 7) is 14.8. The van der Waals surface area contributed by atoms with Crippen LogP contribution in [0.25, 0.3) is 6.08 Å². The van der Waals surface area contributed by atoms with E-state index < -0.39 is 11.8 Å². The highest BCUT2D eigenvalue weighted by Crippen LogP contribution is 2.11. The third-order valence-corrected chi connectivity index (χ3v) is 2.75. The minimum Gasteiger partial charge on any atom is -0.478 e. The Morgan fingerprint density at radius 3 is 2.33 bits per heavy atom. The van der Waals surface area contributed by atoms with Gasteiger partial charge in [0.15, 0.2) is 5.79 Å². The molecule has 1 aromatic carbocycles. The Labute approximate surface area is 163 Å². The highest BCUT2D eigenvalue weighted by molar-refractivity contribution is 5.85. The maximum absolute atomic E-state index is 10.1. The average molecular weight is 373 g/mol. The maximum Gasteiger partial charge on any atom is 0.328 e. The highest BCUT2D eigenvalue weighted by atomic mass is 16.6. The topological polar surface area (TPSA) is 66.8 Å². The molecule has 27 heavy (non-hydrogen) atoms. The lowest BCUT2D eigenvalue weighted by molar-refractivity contribution is -0.202. The predicted molar refractivity (Wildman–Crippen MR) is 113 cm³/mol. The van der Waals surface area contributed by atoms with Gasteiger partial charge in [0.25, 0.3) is 0 Å². The van der Waals surface area contributed by atoms with Crippen LogP contribution < -0.4 is 0 Å². The van der Waals surface area contributed by atoms with Crippen LogP contribution in [0.5, 0.6) is 0 Å². The number of rotatable bonds is 7. The second-order valence-corrected chi connectivity index (χ2v) is 5.84. The summed E-state index contributed by atoms with van der Waals surface area (Å²) in [6.07, 6.45) is 6.87. The number of carboxylic acids is 1. The number of ether oxygens (including phenoxy) is 1. The number of aliphatic hydroxyl groups is 1. The third-order valence-electron chi connectivity index (χ3n) is 2.75. The van der Waals surface area contributed by atoms with Crippen molar-refractivity contribution in [3.63, 3.8) is 0 Å². The Kier molecular flexibility index (Phi) is 16.6. The molecule has 0 spiro atoms. The van der Waals surface area contributed by atoms with Gasteiger partial charge in [-0.15, -0.1) is 25.7 Å². The van der Waals surface area contributed by atoms with Crippen LogP contribution in [0.1, 0.15) is 45.6 Å². The van der Waals surface area contributed by atoms with E-state index in [1.54, 1.807) is 26.0 Å². The van der Waals surface area contributed by atoms with Crippen molar-refractivity contribution in [3.05, 3.63) is 67.8 Å². The number of benzene rings is 1. The molecule has 1 aromatic rings. The van der Waals surface area contributed by atoms with Crippen LogP contribution in [-0.4, -0.2) is 28.1 Å². The molecule has 1 rings (SSSR count). The fourth-order valence-corrected chi connectivity index (χ4v) is 1.79. The lowest BCUT2D eigenvalue weighted by Crippen LogP contribution is -2.28. The largest absolute Gasteiger partial charge is 0.478 e. The second kappa shape index (κ2) is 16.8. The summed E-state index contributed by atoms with van der Waals surface area (Å²) in [5.41, 5.74) is 0.898. The fourth-order valence-electron chi connectivity index (χ4n) is 1.79. The molecule has 0 bridgehead atoms. The predicted octanol–water partition coefficient (Wildman–Crippen LogP) is 5.07. The normalized spacial score (nSPS) is 11.0. The summed E-state index contributed by atoms with van der Waals surface area (Å²) in [6, 6.07) is 9.31. The molecule has 0 aliphatic rings. The Hall–Kier alpha value is -2.61. The molecule has 0 amide bonds. The molecule has 0 fully saturated rings. The van der Waals surface area contributed by atoms with E-state index in [1.807, 2.05) is 37.3 Å². The molecule has 4 heteroatoms. The summed E-state index contributed by atoms with van der Waals surface area (Å²) in [7, 11) is 0. The van der Waals surface area contributed by atoms with Crippen LogP contribution in [0.15, 0.2) is 62.2 Å². The molecule has 0 saturated carbocycles. The van der Waals surface area contributed by atoms with Gasteiger partial charge in [0.2, 0.25) is 0 Å². The van der Waals surface area contributed by atoms with E-state index in [-0.39, 0.29) is 6.10 Å². The van der Waals surface area contributed by atoms with E-state index in [4.69, 9.17) is 9.84 Å². The molecular formula is C23H32O4. The lowest BCUT2D eigenvalue weighted by Gasteiger charge is -2.23. The first-order valence-corrected chi connectivity index (χ1v) is 8.67. The Bertz CT molecular complexity index is 601. The standard InChI is InChI=1S/C12H20O2.C9H8O2.C2H4/c1-5-6-7-8-9-10-11(2)14-12(3,4)13;10-9(11)7-6-8-4-2-1-3-5-8;1-2/h5,11,13H,1,6,9-10H2,2-4H3;1-7H,(H,10,11);1-2H2/b;7-6+;. The van der Waals surface area contributed by atoms with Crippen molar-refractivity contribution in [1.29, 1.82) is 0 Å². The number of hydrogen-bond acceptors (Lipinski definition) is 3. The first-order chi connectivity index (χ1) is 12.7. The van der Waals surface area contributed by atoms with Crippen molar-refractivity contribution in [3.8, 4) is 11.8 Å². The molecule has 0 radical (unpaired) electrons. The van der Waals surface area contributed by atoms with Crippen molar-refractivity contribution in [2.75, 3.05) is 0 Å². The fraction of sp³-hybridized carbons (Fsp3) is 0.348. The molecule has 0 aliphatic heterocycles. The molecule has 0 heterocycles. The molecule has 1 unspecified atom stereocenters. The monoisotopic (exact) mass is 372 g/mol. The van der Waals surface area contributed by atoms with Crippen LogP contribution >= 0.6 is 0 Å². The molecule has 2 N–H and O–H groups in total.